The lowest BCUT2D eigenvalue weighted by Crippen LogP contribution is -2.56. The molecular weight excluding hydrogens is 153 g/mol. The topological polar surface area (TPSA) is 3.24 Å². The predicted molar refractivity (Wildman–Crippen MR) is 49.5 cm³/mol. The zero-order valence-electron chi connectivity index (χ0n) is 8.82. The van der Waals surface area contributed by atoms with Gasteiger partial charge in [0.05, 0.1) is 0 Å². The van der Waals surface area contributed by atoms with Crippen LogP contribution in [0.4, 0.5) is 4.48 Å². The molecule has 0 aliphatic carbocycles. The van der Waals surface area contributed by atoms with Gasteiger partial charge in [0, 0.05) is 11.1 Å². The van der Waals surface area contributed by atoms with E-state index in [0.29, 0.717) is 5.92 Å². The summed E-state index contributed by atoms with van der Waals surface area (Å²) in [5, 5.41) is 1.03. The van der Waals surface area contributed by atoms with Gasteiger partial charge in [0.2, 0.25) is 0 Å². The average molecular weight is 173 g/mol. The fourth-order valence-corrected chi connectivity index (χ4v) is 2.76. The average Bonchev–Trinajstić information content (AvgIpc) is 1.80. The van der Waals surface area contributed by atoms with Crippen LogP contribution >= 0.6 is 0 Å². The van der Waals surface area contributed by atoms with Gasteiger partial charge in [0.1, 0.15) is 0 Å². The molecule has 1 rings (SSSR count). The summed E-state index contributed by atoms with van der Waals surface area (Å²) in [7, 11) is 0. The Hall–Kier alpha value is -0.110. The molecule has 0 amide bonds. The van der Waals surface area contributed by atoms with Crippen molar-refractivity contribution in [1.29, 1.82) is 0 Å². The fraction of sp³-hybridized carbons (Fsp3) is 1.00. The predicted octanol–water partition coefficient (Wildman–Crippen LogP) is 3.16. The molecule has 1 nitrogen and oxygen atoms in total. The van der Waals surface area contributed by atoms with Gasteiger partial charge in [-0.25, -0.2) is 0 Å². The summed E-state index contributed by atoms with van der Waals surface area (Å²) < 4.78 is 13.7. The molecule has 1 heterocycles. The Morgan fingerprint density at radius 2 is 1.42 bits per heavy atom. The van der Waals surface area contributed by atoms with E-state index in [-0.39, 0.29) is 11.1 Å². The van der Waals surface area contributed by atoms with Gasteiger partial charge >= 0.3 is 0 Å². The molecule has 0 unspecified atom stereocenters. The van der Waals surface area contributed by atoms with E-state index in [2.05, 4.69) is 6.92 Å². The van der Waals surface area contributed by atoms with Crippen LogP contribution in [0.25, 0.3) is 0 Å². The van der Waals surface area contributed by atoms with Crippen molar-refractivity contribution in [1.82, 2.24) is 5.12 Å². The quantitative estimate of drug-likeness (QED) is 0.509. The Morgan fingerprint density at radius 1 is 1.08 bits per heavy atom. The van der Waals surface area contributed by atoms with Gasteiger partial charge < -0.3 is 0 Å². The first kappa shape index (κ1) is 9.97. The molecule has 72 valence electrons. The second-order valence-corrected chi connectivity index (χ2v) is 5.42. The van der Waals surface area contributed by atoms with Crippen LogP contribution in [0.1, 0.15) is 47.5 Å². The third kappa shape index (κ3) is 1.63. The largest absolute Gasteiger partial charge is 0.135 e. The Morgan fingerprint density at radius 3 is 1.75 bits per heavy atom. The molecular formula is C10H20FN. The zero-order chi connectivity index (χ0) is 9.57. The second-order valence-electron chi connectivity index (χ2n) is 5.42. The highest BCUT2D eigenvalue weighted by molar-refractivity contribution is 4.94. The van der Waals surface area contributed by atoms with E-state index in [9.17, 15) is 4.48 Å². The zero-order valence-corrected chi connectivity index (χ0v) is 8.82. The van der Waals surface area contributed by atoms with Crippen LogP contribution in [0.3, 0.4) is 0 Å². The first-order valence-electron chi connectivity index (χ1n) is 4.72. The highest BCUT2D eigenvalue weighted by atomic mass is 19.2. The molecule has 0 saturated carbocycles. The van der Waals surface area contributed by atoms with Gasteiger partial charge in [-0.15, -0.1) is 9.60 Å². The van der Waals surface area contributed by atoms with Gasteiger partial charge in [0.25, 0.3) is 0 Å². The van der Waals surface area contributed by atoms with E-state index < -0.39 is 0 Å². The normalized spacial score (nSPS) is 30.5. The minimum Gasteiger partial charge on any atom is -0.135 e. The Kier molecular flexibility index (Phi) is 2.24. The molecule has 1 fully saturated rings. The van der Waals surface area contributed by atoms with E-state index in [1.54, 1.807) is 0 Å². The van der Waals surface area contributed by atoms with Crippen LogP contribution in [0.15, 0.2) is 0 Å². The molecule has 0 aromatic heterocycles. The maximum atomic E-state index is 13.7. The number of nitrogens with zero attached hydrogens (tertiary/aromatic N) is 1. The number of rotatable bonds is 0. The minimum absolute atomic E-state index is 0.291. The standard InChI is InChI=1S/C10H20FN/c1-8-6-9(2,3)12(11)10(4,5)7-8/h8H,6-7H2,1-5H3. The lowest BCUT2D eigenvalue weighted by atomic mass is 9.76. The summed E-state index contributed by atoms with van der Waals surface area (Å²) in [6.45, 7) is 10.1. The molecule has 1 aliphatic rings. The first-order chi connectivity index (χ1) is 5.26. The van der Waals surface area contributed by atoms with Gasteiger partial charge in [-0.05, 0) is 46.5 Å². The van der Waals surface area contributed by atoms with Gasteiger partial charge in [0.15, 0.2) is 0 Å². The SMILES string of the molecule is CC1CC(C)(C)N(F)C(C)(C)C1. The second kappa shape index (κ2) is 2.69. The fourth-order valence-electron chi connectivity index (χ4n) is 2.76. The minimum atomic E-state index is -0.291. The molecule has 0 aromatic carbocycles. The lowest BCUT2D eigenvalue weighted by molar-refractivity contribution is -0.179. The molecule has 1 aliphatic heterocycles. The maximum absolute atomic E-state index is 13.7. The van der Waals surface area contributed by atoms with E-state index in [1.165, 1.54) is 0 Å². The van der Waals surface area contributed by atoms with Crippen molar-refractivity contribution in [2.24, 2.45) is 5.92 Å². The molecule has 2 heteroatoms. The summed E-state index contributed by atoms with van der Waals surface area (Å²) in [5.74, 6) is 0.627. The van der Waals surface area contributed by atoms with Crippen LogP contribution in [0, 0.1) is 5.92 Å². The van der Waals surface area contributed by atoms with Crippen LogP contribution in [-0.2, 0) is 0 Å². The molecule has 0 N–H and O–H groups in total. The Balaban J connectivity index is 2.84. The molecule has 0 atom stereocenters. The summed E-state index contributed by atoms with van der Waals surface area (Å²) in [4.78, 5) is 0. The van der Waals surface area contributed by atoms with Crippen molar-refractivity contribution in [2.75, 3.05) is 0 Å². The lowest BCUT2D eigenvalue weighted by Gasteiger charge is -2.49. The highest BCUT2D eigenvalue weighted by Gasteiger charge is 2.44. The maximum Gasteiger partial charge on any atom is 0.0465 e. The van der Waals surface area contributed by atoms with Crippen molar-refractivity contribution in [3.05, 3.63) is 0 Å². The van der Waals surface area contributed by atoms with Crippen LogP contribution < -0.4 is 0 Å². The van der Waals surface area contributed by atoms with Gasteiger partial charge in [-0.1, -0.05) is 6.92 Å². The van der Waals surface area contributed by atoms with Crippen molar-refractivity contribution in [2.45, 2.75) is 58.5 Å². The number of hydrogen-bond donors (Lipinski definition) is 0. The molecule has 12 heavy (non-hydrogen) atoms. The summed E-state index contributed by atoms with van der Waals surface area (Å²) in [6.07, 6.45) is 1.90. The number of hydrogen-bond acceptors (Lipinski definition) is 1. The third-order valence-electron chi connectivity index (χ3n) is 2.76. The van der Waals surface area contributed by atoms with Gasteiger partial charge in [-0.3, -0.25) is 0 Å². The Bertz CT molecular complexity index is 157. The molecule has 0 aromatic rings. The van der Waals surface area contributed by atoms with Crippen molar-refractivity contribution in [3.63, 3.8) is 0 Å². The van der Waals surface area contributed by atoms with Gasteiger partial charge in [-0.2, -0.15) is 0 Å². The van der Waals surface area contributed by atoms with E-state index >= 15 is 0 Å². The van der Waals surface area contributed by atoms with Crippen LogP contribution in [0.5, 0.6) is 0 Å². The van der Waals surface area contributed by atoms with Crippen LogP contribution in [0.2, 0.25) is 0 Å². The Labute approximate surface area is 74.9 Å². The van der Waals surface area contributed by atoms with E-state index in [0.717, 1.165) is 18.0 Å². The molecule has 0 bridgehead atoms. The number of piperidine rings is 1. The smallest absolute Gasteiger partial charge is 0.0465 e. The van der Waals surface area contributed by atoms with Crippen molar-refractivity contribution in [3.8, 4) is 0 Å². The van der Waals surface area contributed by atoms with Crippen molar-refractivity contribution >= 4 is 0 Å². The summed E-state index contributed by atoms with van der Waals surface area (Å²) in [5.41, 5.74) is -0.581. The number of halogens is 1. The van der Waals surface area contributed by atoms with Crippen molar-refractivity contribution < 1.29 is 4.48 Å². The molecule has 0 spiro atoms. The first-order valence-corrected chi connectivity index (χ1v) is 4.72. The molecule has 0 radical (unpaired) electrons. The third-order valence-corrected chi connectivity index (χ3v) is 2.76. The summed E-state index contributed by atoms with van der Waals surface area (Å²) in [6, 6.07) is 0. The van der Waals surface area contributed by atoms with E-state index in [1.807, 2.05) is 27.7 Å². The monoisotopic (exact) mass is 173 g/mol. The molecule has 1 saturated heterocycles. The highest BCUT2D eigenvalue weighted by Crippen LogP contribution is 2.41. The van der Waals surface area contributed by atoms with E-state index in [4.69, 9.17) is 0 Å². The van der Waals surface area contributed by atoms with Crippen LogP contribution in [-0.4, -0.2) is 16.2 Å². The summed E-state index contributed by atoms with van der Waals surface area (Å²) >= 11 is 0.